The zero-order valence-electron chi connectivity index (χ0n) is 20.9. The molecule has 3 rings (SSSR count). The number of amides is 1. The Hall–Kier alpha value is -2.73. The van der Waals surface area contributed by atoms with E-state index in [-0.39, 0.29) is 29.1 Å². The van der Waals surface area contributed by atoms with E-state index >= 15 is 0 Å². The topological polar surface area (TPSA) is 88.4 Å². The number of halogens is 1. The summed E-state index contributed by atoms with van der Waals surface area (Å²) in [7, 11) is 2.15. The second-order valence-electron chi connectivity index (χ2n) is 8.59. The van der Waals surface area contributed by atoms with Crippen molar-refractivity contribution in [3.05, 3.63) is 52.4 Å². The number of hydrogen-bond donors (Lipinski definition) is 1. The molecule has 0 spiro atoms. The molecule has 1 N–H and O–H groups in total. The van der Waals surface area contributed by atoms with Crippen LogP contribution in [0, 0.1) is 17.2 Å². The van der Waals surface area contributed by atoms with Crippen LogP contribution < -0.4 is 10.4 Å². The number of hydrazine groups is 1. The van der Waals surface area contributed by atoms with Gasteiger partial charge < -0.3 is 4.90 Å². The minimum atomic E-state index is -0.175. The number of benzene rings is 1. The zero-order valence-corrected chi connectivity index (χ0v) is 21.6. The van der Waals surface area contributed by atoms with Crippen LogP contribution in [0.2, 0.25) is 5.02 Å². The number of carbonyl (C=O) groups excluding carboxylic acids is 1. The summed E-state index contributed by atoms with van der Waals surface area (Å²) in [6.45, 7) is 13.8. The van der Waals surface area contributed by atoms with Crippen LogP contribution in [0.3, 0.4) is 0 Å². The van der Waals surface area contributed by atoms with E-state index < -0.39 is 0 Å². The number of nitrogens with zero attached hydrogens (tertiary/aromatic N) is 6. The van der Waals surface area contributed by atoms with Crippen LogP contribution in [-0.2, 0) is 17.8 Å². The maximum Gasteiger partial charge on any atom is 0.242 e. The second kappa shape index (κ2) is 13.9. The molecule has 1 amide bonds. The monoisotopic (exact) mass is 485 g/mol. The molecule has 1 aliphatic rings. The molecule has 9 heteroatoms. The van der Waals surface area contributed by atoms with E-state index in [1.807, 2.05) is 45.9 Å². The van der Waals surface area contributed by atoms with Gasteiger partial charge in [0, 0.05) is 39.3 Å². The Morgan fingerprint density at radius 2 is 1.79 bits per heavy atom. The predicted octanol–water partition coefficient (Wildman–Crippen LogP) is 3.51. The SMILES string of the molecule is CC.CC(C)CN(NC(=O)Cc1ccc(CN2CCN(C)CC2)cc1)c1nc(C#N)ncc1Cl. The Kier molecular flexibility index (Phi) is 11.2. The highest BCUT2D eigenvalue weighted by Gasteiger charge is 2.18. The fraction of sp³-hybridized carbons (Fsp3) is 0.520. The fourth-order valence-electron chi connectivity index (χ4n) is 3.55. The zero-order chi connectivity index (χ0) is 25.1. The number of carbonyl (C=O) groups is 1. The number of aromatic nitrogens is 2. The third-order valence-electron chi connectivity index (χ3n) is 5.28. The average Bonchev–Trinajstić information content (AvgIpc) is 2.83. The first kappa shape index (κ1) is 27.5. The first-order valence-corrected chi connectivity index (χ1v) is 12.2. The van der Waals surface area contributed by atoms with Crippen LogP contribution in [0.5, 0.6) is 0 Å². The number of hydrogen-bond acceptors (Lipinski definition) is 7. The van der Waals surface area contributed by atoms with Gasteiger partial charge in [0.15, 0.2) is 5.82 Å². The van der Waals surface area contributed by atoms with Crippen molar-refractivity contribution in [1.82, 2.24) is 25.2 Å². The highest BCUT2D eigenvalue weighted by Crippen LogP contribution is 2.22. The molecule has 184 valence electrons. The molecular weight excluding hydrogens is 450 g/mol. The Morgan fingerprint density at radius 3 is 2.38 bits per heavy atom. The van der Waals surface area contributed by atoms with Gasteiger partial charge in [0.25, 0.3) is 0 Å². The maximum absolute atomic E-state index is 12.8. The highest BCUT2D eigenvalue weighted by atomic mass is 35.5. The molecular formula is C25H36ClN7O. The van der Waals surface area contributed by atoms with Crippen molar-refractivity contribution < 1.29 is 4.79 Å². The summed E-state index contributed by atoms with van der Waals surface area (Å²) in [6.07, 6.45) is 1.61. The Labute approximate surface area is 208 Å². The van der Waals surface area contributed by atoms with Gasteiger partial charge in [-0.2, -0.15) is 10.2 Å². The summed E-state index contributed by atoms with van der Waals surface area (Å²) >= 11 is 6.25. The quantitative estimate of drug-likeness (QED) is 0.572. The average molecular weight is 486 g/mol. The Morgan fingerprint density at radius 1 is 1.18 bits per heavy atom. The van der Waals surface area contributed by atoms with Crippen LogP contribution in [0.4, 0.5) is 5.82 Å². The first-order chi connectivity index (χ1) is 16.3. The molecule has 1 fully saturated rings. The van der Waals surface area contributed by atoms with Gasteiger partial charge in [-0.15, -0.1) is 0 Å². The minimum Gasteiger partial charge on any atom is -0.304 e. The largest absolute Gasteiger partial charge is 0.304 e. The molecule has 0 unspecified atom stereocenters. The third-order valence-corrected chi connectivity index (χ3v) is 5.54. The fourth-order valence-corrected chi connectivity index (χ4v) is 3.75. The van der Waals surface area contributed by atoms with Crippen molar-refractivity contribution in [2.75, 3.05) is 44.8 Å². The highest BCUT2D eigenvalue weighted by molar-refractivity contribution is 6.32. The van der Waals surface area contributed by atoms with E-state index in [9.17, 15) is 4.79 Å². The van der Waals surface area contributed by atoms with E-state index in [1.54, 1.807) is 5.01 Å². The van der Waals surface area contributed by atoms with Gasteiger partial charge >= 0.3 is 0 Å². The van der Waals surface area contributed by atoms with Crippen molar-refractivity contribution in [2.45, 2.75) is 40.7 Å². The van der Waals surface area contributed by atoms with E-state index in [2.05, 4.69) is 44.4 Å². The molecule has 0 radical (unpaired) electrons. The Bertz CT molecular complexity index is 951. The third kappa shape index (κ3) is 8.56. The van der Waals surface area contributed by atoms with Crippen LogP contribution in [0.25, 0.3) is 0 Å². The van der Waals surface area contributed by atoms with Gasteiger partial charge in [-0.05, 0) is 24.1 Å². The molecule has 0 bridgehead atoms. The van der Waals surface area contributed by atoms with E-state index in [0.29, 0.717) is 12.4 Å². The molecule has 1 aromatic carbocycles. The van der Waals surface area contributed by atoms with Crippen molar-refractivity contribution in [3.8, 4) is 6.07 Å². The molecule has 0 aliphatic carbocycles. The van der Waals surface area contributed by atoms with Gasteiger partial charge in [-0.1, -0.05) is 63.6 Å². The summed E-state index contributed by atoms with van der Waals surface area (Å²) in [4.78, 5) is 25.6. The number of piperazine rings is 1. The lowest BCUT2D eigenvalue weighted by molar-refractivity contribution is -0.120. The van der Waals surface area contributed by atoms with Crippen LogP contribution in [-0.4, -0.2) is 65.4 Å². The lowest BCUT2D eigenvalue weighted by atomic mass is 10.1. The Balaban J connectivity index is 0.00000199. The lowest BCUT2D eigenvalue weighted by Gasteiger charge is -2.32. The maximum atomic E-state index is 12.8. The van der Waals surface area contributed by atoms with Gasteiger partial charge in [-0.3, -0.25) is 20.1 Å². The van der Waals surface area contributed by atoms with Gasteiger partial charge in [-0.25, -0.2) is 4.98 Å². The number of likely N-dealkylation sites (N-methyl/N-ethyl adjacent to an activating group) is 1. The van der Waals surface area contributed by atoms with E-state index in [0.717, 1.165) is 38.3 Å². The van der Waals surface area contributed by atoms with E-state index in [4.69, 9.17) is 16.9 Å². The molecule has 8 nitrogen and oxygen atoms in total. The summed E-state index contributed by atoms with van der Waals surface area (Å²) < 4.78 is 0. The normalized spacial score (nSPS) is 14.2. The molecule has 0 saturated carbocycles. The first-order valence-electron chi connectivity index (χ1n) is 11.8. The van der Waals surface area contributed by atoms with E-state index in [1.165, 1.54) is 11.8 Å². The molecule has 1 aromatic heterocycles. The van der Waals surface area contributed by atoms with Gasteiger partial charge in [0.2, 0.25) is 11.7 Å². The number of rotatable bonds is 8. The molecule has 1 aliphatic heterocycles. The smallest absolute Gasteiger partial charge is 0.242 e. The van der Waals surface area contributed by atoms with Crippen LogP contribution in [0.15, 0.2) is 30.5 Å². The number of nitriles is 1. The van der Waals surface area contributed by atoms with Crippen LogP contribution >= 0.6 is 11.6 Å². The van der Waals surface area contributed by atoms with Crippen molar-refractivity contribution in [1.29, 1.82) is 5.26 Å². The lowest BCUT2D eigenvalue weighted by Crippen LogP contribution is -2.45. The number of nitrogens with one attached hydrogen (secondary N) is 1. The minimum absolute atomic E-state index is 0.00310. The van der Waals surface area contributed by atoms with Crippen molar-refractivity contribution >= 4 is 23.3 Å². The number of anilines is 1. The summed E-state index contributed by atoms with van der Waals surface area (Å²) in [6, 6.07) is 10.1. The molecule has 1 saturated heterocycles. The van der Waals surface area contributed by atoms with Crippen molar-refractivity contribution in [3.63, 3.8) is 0 Å². The summed E-state index contributed by atoms with van der Waals surface area (Å²) in [5, 5.41) is 11.0. The van der Waals surface area contributed by atoms with Gasteiger partial charge in [0.1, 0.15) is 11.1 Å². The molecule has 0 atom stereocenters. The molecule has 2 heterocycles. The molecule has 34 heavy (non-hydrogen) atoms. The summed E-state index contributed by atoms with van der Waals surface area (Å²) in [5.74, 6) is 0.387. The van der Waals surface area contributed by atoms with Crippen LogP contribution in [0.1, 0.15) is 44.6 Å². The van der Waals surface area contributed by atoms with Crippen molar-refractivity contribution in [2.24, 2.45) is 5.92 Å². The van der Waals surface area contributed by atoms with Gasteiger partial charge in [0.05, 0.1) is 12.6 Å². The molecule has 2 aromatic rings. The predicted molar refractivity (Wildman–Crippen MR) is 136 cm³/mol. The summed E-state index contributed by atoms with van der Waals surface area (Å²) in [5.41, 5.74) is 5.07. The standard InChI is InChI=1S/C23H30ClN7O.C2H6/c1-17(2)15-31(23-20(24)14-26-21(13-25)27-23)28-22(32)12-18-4-6-19(7-5-18)16-30-10-8-29(3)9-11-30;1-2/h4-7,14,17H,8-12,15-16H2,1-3H3,(H,28,32);1-2H3. The second-order valence-corrected chi connectivity index (χ2v) is 9.00.